The van der Waals surface area contributed by atoms with Crippen LogP contribution < -0.4 is 17.0 Å². The molecule has 0 unspecified atom stereocenters. The zero-order valence-corrected chi connectivity index (χ0v) is 5.04. The molecule has 0 saturated heterocycles. The molecule has 9 heavy (non-hydrogen) atoms. The molecule has 1 heterocycles. The maximum absolute atomic E-state index is 5.34. The molecule has 0 aromatic rings. The summed E-state index contributed by atoms with van der Waals surface area (Å²) in [5.74, 6) is 5.34. The van der Waals surface area contributed by atoms with Crippen molar-refractivity contribution in [2.24, 2.45) is 11.6 Å². The van der Waals surface area contributed by atoms with Gasteiger partial charge in [0.25, 0.3) is 0 Å². The standard InChI is InChI=1S/C5H10N4/c6-3-5-1-2-8-9(7)4-5/h1-2,4,8H,3,6-7H2. The third-order valence-electron chi connectivity index (χ3n) is 1.06. The van der Waals surface area contributed by atoms with Crippen LogP contribution in [-0.2, 0) is 0 Å². The Balaban J connectivity index is 2.59. The highest BCUT2D eigenvalue weighted by atomic mass is 15.6. The van der Waals surface area contributed by atoms with E-state index < -0.39 is 0 Å². The maximum atomic E-state index is 5.34. The predicted octanol–water partition coefficient (Wildman–Crippen LogP) is -0.963. The van der Waals surface area contributed by atoms with Crippen LogP contribution in [-0.4, -0.2) is 11.7 Å². The van der Waals surface area contributed by atoms with Gasteiger partial charge in [-0.05, 0) is 11.6 Å². The average Bonchev–Trinajstić information content (AvgIpc) is 1.88. The molecule has 50 valence electrons. The van der Waals surface area contributed by atoms with E-state index in [0.717, 1.165) is 5.57 Å². The number of hydrogen-bond acceptors (Lipinski definition) is 4. The van der Waals surface area contributed by atoms with Crippen LogP contribution in [0.1, 0.15) is 0 Å². The number of hydrogen-bond donors (Lipinski definition) is 3. The summed E-state index contributed by atoms with van der Waals surface area (Å²) < 4.78 is 0. The number of nitrogens with zero attached hydrogens (tertiary/aromatic N) is 1. The van der Waals surface area contributed by atoms with Crippen molar-refractivity contribution in [3.8, 4) is 0 Å². The molecule has 0 atom stereocenters. The summed E-state index contributed by atoms with van der Waals surface area (Å²) in [5.41, 5.74) is 9.09. The molecule has 0 aromatic carbocycles. The van der Waals surface area contributed by atoms with E-state index in [2.05, 4.69) is 5.43 Å². The molecule has 1 aliphatic rings. The van der Waals surface area contributed by atoms with Gasteiger partial charge in [-0.25, -0.2) is 11.0 Å². The van der Waals surface area contributed by atoms with Gasteiger partial charge in [0.05, 0.1) is 0 Å². The van der Waals surface area contributed by atoms with Gasteiger partial charge in [0.15, 0.2) is 0 Å². The quantitative estimate of drug-likeness (QED) is 0.396. The van der Waals surface area contributed by atoms with Crippen LogP contribution in [0.3, 0.4) is 0 Å². The van der Waals surface area contributed by atoms with Crippen LogP contribution in [0, 0.1) is 0 Å². The highest BCUT2D eigenvalue weighted by molar-refractivity contribution is 5.20. The van der Waals surface area contributed by atoms with Crippen molar-refractivity contribution >= 4 is 0 Å². The minimum absolute atomic E-state index is 0.520. The van der Waals surface area contributed by atoms with E-state index in [0.29, 0.717) is 6.54 Å². The topological polar surface area (TPSA) is 67.3 Å². The molecule has 5 N–H and O–H groups in total. The molecule has 4 nitrogen and oxygen atoms in total. The fraction of sp³-hybridized carbons (Fsp3) is 0.200. The van der Waals surface area contributed by atoms with Crippen molar-refractivity contribution in [2.75, 3.05) is 6.54 Å². The third-order valence-corrected chi connectivity index (χ3v) is 1.06. The average molecular weight is 126 g/mol. The Bertz CT molecular complexity index is 149. The molecule has 1 rings (SSSR count). The van der Waals surface area contributed by atoms with Gasteiger partial charge >= 0.3 is 0 Å². The van der Waals surface area contributed by atoms with Crippen molar-refractivity contribution in [1.29, 1.82) is 0 Å². The van der Waals surface area contributed by atoms with Crippen LogP contribution in [0.4, 0.5) is 0 Å². The number of nitrogens with one attached hydrogen (secondary N) is 1. The minimum Gasteiger partial charge on any atom is -0.326 e. The van der Waals surface area contributed by atoms with Crippen molar-refractivity contribution < 1.29 is 0 Å². The first-order valence-electron chi connectivity index (χ1n) is 2.70. The first kappa shape index (κ1) is 6.12. The molecule has 0 bridgehead atoms. The summed E-state index contributed by atoms with van der Waals surface area (Å²) in [6.45, 7) is 0.520. The van der Waals surface area contributed by atoms with E-state index in [1.165, 1.54) is 5.12 Å². The Morgan fingerprint density at radius 2 is 2.44 bits per heavy atom. The second-order valence-electron chi connectivity index (χ2n) is 1.78. The second-order valence-corrected chi connectivity index (χ2v) is 1.78. The van der Waals surface area contributed by atoms with Crippen LogP contribution in [0.5, 0.6) is 0 Å². The van der Waals surface area contributed by atoms with E-state index in [9.17, 15) is 0 Å². The van der Waals surface area contributed by atoms with Crippen LogP contribution in [0.25, 0.3) is 0 Å². The van der Waals surface area contributed by atoms with Gasteiger partial charge in [0.1, 0.15) is 0 Å². The normalized spacial score (nSPS) is 17.1. The number of nitrogens with two attached hydrogens (primary N) is 2. The highest BCUT2D eigenvalue weighted by Gasteiger charge is 1.95. The van der Waals surface area contributed by atoms with Gasteiger partial charge in [0.2, 0.25) is 0 Å². The molecule has 0 radical (unpaired) electrons. The Morgan fingerprint density at radius 1 is 1.67 bits per heavy atom. The van der Waals surface area contributed by atoms with E-state index in [-0.39, 0.29) is 0 Å². The van der Waals surface area contributed by atoms with E-state index in [4.69, 9.17) is 11.6 Å². The summed E-state index contributed by atoms with van der Waals surface area (Å²) in [7, 11) is 0. The molecule has 0 spiro atoms. The molecule has 1 aliphatic heterocycles. The Labute approximate surface area is 53.7 Å². The second kappa shape index (κ2) is 2.52. The first-order chi connectivity index (χ1) is 4.33. The van der Waals surface area contributed by atoms with Gasteiger partial charge in [-0.3, -0.25) is 5.43 Å². The lowest BCUT2D eigenvalue weighted by atomic mass is 10.3. The SMILES string of the molecule is NCC1=CN(N)NC=C1. The van der Waals surface area contributed by atoms with Crippen molar-refractivity contribution in [2.45, 2.75) is 0 Å². The lowest BCUT2D eigenvalue weighted by molar-refractivity contribution is 0.322. The zero-order valence-electron chi connectivity index (χ0n) is 5.04. The zero-order chi connectivity index (χ0) is 6.69. The van der Waals surface area contributed by atoms with Crippen molar-refractivity contribution in [3.63, 3.8) is 0 Å². The number of hydrazine groups is 2. The monoisotopic (exact) mass is 126 g/mol. The molecule has 0 fully saturated rings. The van der Waals surface area contributed by atoms with Crippen LogP contribution >= 0.6 is 0 Å². The highest BCUT2D eigenvalue weighted by Crippen LogP contribution is 1.97. The Hall–Kier alpha value is -1.00. The summed E-state index contributed by atoms with van der Waals surface area (Å²) in [5, 5.41) is 1.36. The van der Waals surface area contributed by atoms with E-state index >= 15 is 0 Å². The van der Waals surface area contributed by atoms with Gasteiger partial charge in [0, 0.05) is 18.9 Å². The van der Waals surface area contributed by atoms with Gasteiger partial charge in [-0.1, -0.05) is 0 Å². The largest absolute Gasteiger partial charge is 0.326 e. The summed E-state index contributed by atoms with van der Waals surface area (Å²) in [6, 6.07) is 0. The molecule has 0 aliphatic carbocycles. The lowest BCUT2D eigenvalue weighted by Crippen LogP contribution is -2.38. The van der Waals surface area contributed by atoms with Crippen LogP contribution in [0.2, 0.25) is 0 Å². The molecular weight excluding hydrogens is 116 g/mol. The van der Waals surface area contributed by atoms with E-state index in [1.54, 1.807) is 12.4 Å². The third kappa shape index (κ3) is 1.45. The van der Waals surface area contributed by atoms with Gasteiger partial charge in [-0.15, -0.1) is 0 Å². The van der Waals surface area contributed by atoms with Gasteiger partial charge < -0.3 is 5.73 Å². The fourth-order valence-corrected chi connectivity index (χ4v) is 0.610. The van der Waals surface area contributed by atoms with E-state index in [1.807, 2.05) is 6.08 Å². The minimum atomic E-state index is 0.520. The lowest BCUT2D eigenvalue weighted by Gasteiger charge is -2.17. The number of rotatable bonds is 1. The molecule has 4 heteroatoms. The van der Waals surface area contributed by atoms with Gasteiger partial charge in [-0.2, -0.15) is 0 Å². The van der Waals surface area contributed by atoms with Crippen molar-refractivity contribution in [3.05, 3.63) is 24.0 Å². The summed E-state index contributed by atoms with van der Waals surface area (Å²) in [6.07, 6.45) is 5.35. The predicted molar refractivity (Wildman–Crippen MR) is 35.4 cm³/mol. The Morgan fingerprint density at radius 3 is 2.89 bits per heavy atom. The molecule has 0 saturated carbocycles. The first-order valence-corrected chi connectivity index (χ1v) is 2.70. The molecule has 0 aromatic heterocycles. The molecule has 0 amide bonds. The smallest absolute Gasteiger partial charge is 0.0438 e. The van der Waals surface area contributed by atoms with Crippen LogP contribution in [0.15, 0.2) is 24.0 Å². The fourth-order valence-electron chi connectivity index (χ4n) is 0.610. The maximum Gasteiger partial charge on any atom is 0.0438 e. The Kier molecular flexibility index (Phi) is 1.72. The van der Waals surface area contributed by atoms with Crippen molar-refractivity contribution in [1.82, 2.24) is 10.5 Å². The molecular formula is C5H10N4. The summed E-state index contributed by atoms with van der Waals surface area (Å²) >= 11 is 0. The summed E-state index contributed by atoms with van der Waals surface area (Å²) in [4.78, 5) is 0.